The Morgan fingerprint density at radius 2 is 2.00 bits per heavy atom. The molecule has 1 aromatic carbocycles. The zero-order valence-electron chi connectivity index (χ0n) is 18.5. The van der Waals surface area contributed by atoms with Crippen LogP contribution in [0.3, 0.4) is 0 Å². The quantitative estimate of drug-likeness (QED) is 0.525. The van der Waals surface area contributed by atoms with E-state index in [1.807, 2.05) is 13.0 Å². The van der Waals surface area contributed by atoms with Gasteiger partial charge >= 0.3 is 0 Å². The van der Waals surface area contributed by atoms with Gasteiger partial charge in [-0.05, 0) is 30.3 Å². The number of methoxy groups -OCH3 is 1. The van der Waals surface area contributed by atoms with Crippen molar-refractivity contribution < 1.29 is 18.6 Å². The number of aromatic nitrogens is 2. The summed E-state index contributed by atoms with van der Waals surface area (Å²) in [6.45, 7) is 3.39. The molecular formula is C24H27F2N5O2. The number of anilines is 2. The first-order chi connectivity index (χ1) is 15.9. The number of aliphatic hydroxyl groups excluding tert-OH is 1. The standard InChI is InChI=1S/C24H27F2N5O2/c1-14-12-31(13-18(27)24(14)32)20-8-9-28-11-19(20)29-10-15-6-7-17(26)23(30-15)22-16(25)4-3-5-21(22)33-2/h3-9,11,14,18,24,29,32H,10,12-13,27H2,1-2H3. The lowest BCUT2D eigenvalue weighted by Gasteiger charge is -2.40. The summed E-state index contributed by atoms with van der Waals surface area (Å²) in [7, 11) is 1.40. The van der Waals surface area contributed by atoms with Gasteiger partial charge in [0.1, 0.15) is 23.1 Å². The molecule has 0 amide bonds. The highest BCUT2D eigenvalue weighted by Crippen LogP contribution is 2.33. The molecule has 0 aliphatic carbocycles. The smallest absolute Gasteiger partial charge is 0.149 e. The molecule has 9 heteroatoms. The normalized spacial score (nSPS) is 20.5. The van der Waals surface area contributed by atoms with Gasteiger partial charge in [0.25, 0.3) is 0 Å². The summed E-state index contributed by atoms with van der Waals surface area (Å²) < 4.78 is 34.3. The van der Waals surface area contributed by atoms with Crippen LogP contribution in [0.4, 0.5) is 20.2 Å². The minimum absolute atomic E-state index is 0.0173. The Labute approximate surface area is 191 Å². The maximum absolute atomic E-state index is 14.6. The predicted octanol–water partition coefficient (Wildman–Crippen LogP) is 3.19. The van der Waals surface area contributed by atoms with E-state index in [9.17, 15) is 13.9 Å². The van der Waals surface area contributed by atoms with Crippen molar-refractivity contribution in [1.29, 1.82) is 0 Å². The van der Waals surface area contributed by atoms with E-state index in [2.05, 4.69) is 20.2 Å². The fourth-order valence-electron chi connectivity index (χ4n) is 4.16. The van der Waals surface area contributed by atoms with Crippen LogP contribution in [0.15, 0.2) is 48.8 Å². The lowest BCUT2D eigenvalue weighted by Crippen LogP contribution is -2.55. The van der Waals surface area contributed by atoms with Crippen molar-refractivity contribution in [1.82, 2.24) is 9.97 Å². The zero-order valence-corrected chi connectivity index (χ0v) is 18.5. The second kappa shape index (κ2) is 9.68. The van der Waals surface area contributed by atoms with Crippen molar-refractivity contribution in [2.45, 2.75) is 25.6 Å². The van der Waals surface area contributed by atoms with E-state index >= 15 is 0 Å². The average molecular weight is 456 g/mol. The summed E-state index contributed by atoms with van der Waals surface area (Å²) in [6.07, 6.45) is 2.85. The van der Waals surface area contributed by atoms with Crippen molar-refractivity contribution in [2.24, 2.45) is 11.7 Å². The number of nitrogens with one attached hydrogen (secondary N) is 1. The van der Waals surface area contributed by atoms with E-state index in [0.717, 1.165) is 11.4 Å². The van der Waals surface area contributed by atoms with E-state index in [1.54, 1.807) is 24.5 Å². The number of hydrogen-bond donors (Lipinski definition) is 3. The molecule has 3 unspecified atom stereocenters. The maximum atomic E-state index is 14.6. The van der Waals surface area contributed by atoms with Crippen LogP contribution in [0.1, 0.15) is 12.6 Å². The van der Waals surface area contributed by atoms with Gasteiger partial charge in [0, 0.05) is 31.2 Å². The number of nitrogens with two attached hydrogens (primary N) is 1. The van der Waals surface area contributed by atoms with E-state index in [4.69, 9.17) is 10.5 Å². The third-order valence-corrected chi connectivity index (χ3v) is 5.90. The van der Waals surface area contributed by atoms with Crippen LogP contribution in [0.5, 0.6) is 5.75 Å². The van der Waals surface area contributed by atoms with E-state index < -0.39 is 17.7 Å². The molecule has 3 heterocycles. The Morgan fingerprint density at radius 1 is 1.18 bits per heavy atom. The molecule has 33 heavy (non-hydrogen) atoms. The first-order valence-corrected chi connectivity index (χ1v) is 10.7. The SMILES string of the molecule is COc1cccc(F)c1-c1nc(CNc2cnccc2N2CC(C)C(O)C(N)C2)ccc1F. The van der Waals surface area contributed by atoms with Gasteiger partial charge in [0.2, 0.25) is 0 Å². The van der Waals surface area contributed by atoms with Gasteiger partial charge in [-0.2, -0.15) is 0 Å². The molecule has 7 nitrogen and oxygen atoms in total. The van der Waals surface area contributed by atoms with Crippen LogP contribution in [-0.2, 0) is 6.54 Å². The molecule has 174 valence electrons. The maximum Gasteiger partial charge on any atom is 0.149 e. The topological polar surface area (TPSA) is 96.5 Å². The molecule has 4 N–H and O–H groups in total. The van der Waals surface area contributed by atoms with Crippen molar-refractivity contribution in [3.8, 4) is 17.0 Å². The average Bonchev–Trinajstić information content (AvgIpc) is 2.82. The molecule has 0 bridgehead atoms. The Kier molecular flexibility index (Phi) is 6.71. The minimum Gasteiger partial charge on any atom is -0.496 e. The number of piperidine rings is 1. The van der Waals surface area contributed by atoms with Crippen molar-refractivity contribution in [2.75, 3.05) is 30.4 Å². The van der Waals surface area contributed by atoms with Crippen molar-refractivity contribution >= 4 is 11.4 Å². The number of hydrogen-bond acceptors (Lipinski definition) is 7. The molecule has 0 saturated carbocycles. The van der Waals surface area contributed by atoms with Gasteiger partial charge in [-0.25, -0.2) is 13.8 Å². The molecule has 0 radical (unpaired) electrons. The number of nitrogens with zero attached hydrogens (tertiary/aromatic N) is 3. The van der Waals surface area contributed by atoms with E-state index in [1.165, 1.54) is 25.3 Å². The highest BCUT2D eigenvalue weighted by atomic mass is 19.1. The predicted molar refractivity (Wildman–Crippen MR) is 123 cm³/mol. The second-order valence-electron chi connectivity index (χ2n) is 8.23. The lowest BCUT2D eigenvalue weighted by molar-refractivity contribution is 0.0785. The Bertz CT molecular complexity index is 1120. The minimum atomic E-state index is -0.640. The third-order valence-electron chi connectivity index (χ3n) is 5.90. The van der Waals surface area contributed by atoms with Crippen LogP contribution in [0, 0.1) is 17.6 Å². The van der Waals surface area contributed by atoms with Gasteiger partial charge in [0.05, 0.1) is 48.6 Å². The number of rotatable bonds is 6. The monoisotopic (exact) mass is 455 g/mol. The molecular weight excluding hydrogens is 428 g/mol. The summed E-state index contributed by atoms with van der Waals surface area (Å²) >= 11 is 0. The summed E-state index contributed by atoms with van der Waals surface area (Å²) in [6, 6.07) is 8.64. The molecule has 3 aromatic rings. The van der Waals surface area contributed by atoms with Crippen molar-refractivity contribution in [3.05, 3.63) is 66.1 Å². The van der Waals surface area contributed by atoms with Gasteiger partial charge < -0.3 is 25.8 Å². The first-order valence-electron chi connectivity index (χ1n) is 10.7. The van der Waals surface area contributed by atoms with Crippen LogP contribution in [0.2, 0.25) is 0 Å². The summed E-state index contributed by atoms with van der Waals surface area (Å²) in [5.41, 5.74) is 8.16. The van der Waals surface area contributed by atoms with Gasteiger partial charge in [-0.3, -0.25) is 4.98 Å². The van der Waals surface area contributed by atoms with Gasteiger partial charge in [-0.1, -0.05) is 13.0 Å². The third kappa shape index (κ3) is 4.74. The van der Waals surface area contributed by atoms with Crippen LogP contribution in [-0.4, -0.2) is 47.4 Å². The second-order valence-corrected chi connectivity index (χ2v) is 8.23. The molecule has 1 saturated heterocycles. The van der Waals surface area contributed by atoms with E-state index in [-0.39, 0.29) is 35.5 Å². The number of pyridine rings is 2. The summed E-state index contributed by atoms with van der Waals surface area (Å²) in [5.74, 6) is -1.03. The molecule has 4 rings (SSSR count). The fourth-order valence-corrected chi connectivity index (χ4v) is 4.16. The van der Waals surface area contributed by atoms with Crippen molar-refractivity contribution in [3.63, 3.8) is 0 Å². The van der Waals surface area contributed by atoms with Gasteiger partial charge in [-0.15, -0.1) is 0 Å². The van der Waals surface area contributed by atoms with Crippen LogP contribution >= 0.6 is 0 Å². The Balaban J connectivity index is 1.58. The number of benzene rings is 1. The molecule has 1 aliphatic heterocycles. The number of halogens is 2. The number of aliphatic hydroxyl groups is 1. The summed E-state index contributed by atoms with van der Waals surface area (Å²) in [4.78, 5) is 10.7. The van der Waals surface area contributed by atoms with Crippen LogP contribution < -0.4 is 20.7 Å². The van der Waals surface area contributed by atoms with Crippen LogP contribution in [0.25, 0.3) is 11.3 Å². The molecule has 3 atom stereocenters. The summed E-state index contributed by atoms with van der Waals surface area (Å²) in [5, 5.41) is 13.5. The molecule has 0 spiro atoms. The molecule has 1 aliphatic rings. The highest BCUT2D eigenvalue weighted by molar-refractivity contribution is 5.70. The highest BCUT2D eigenvalue weighted by Gasteiger charge is 2.31. The largest absolute Gasteiger partial charge is 0.496 e. The fraction of sp³-hybridized carbons (Fsp3) is 0.333. The van der Waals surface area contributed by atoms with Gasteiger partial charge in [0.15, 0.2) is 0 Å². The number of ether oxygens (including phenoxy) is 1. The molecule has 2 aromatic heterocycles. The zero-order chi connectivity index (χ0) is 23.5. The Morgan fingerprint density at radius 3 is 2.76 bits per heavy atom. The van der Waals surface area contributed by atoms with E-state index in [0.29, 0.717) is 18.8 Å². The Hall–Kier alpha value is -3.30. The first kappa shape index (κ1) is 22.9. The molecule has 1 fully saturated rings. The lowest BCUT2D eigenvalue weighted by atomic mass is 9.92.